The Morgan fingerprint density at radius 1 is 1.47 bits per heavy atom. The van der Waals surface area contributed by atoms with Crippen LogP contribution in [0.2, 0.25) is 0 Å². The van der Waals surface area contributed by atoms with Gasteiger partial charge in [0.15, 0.2) is 0 Å². The fourth-order valence-electron chi connectivity index (χ4n) is 1.74. The normalized spacial score (nSPS) is 31.7. The van der Waals surface area contributed by atoms with Crippen LogP contribution in [0.4, 0.5) is 0 Å². The minimum Gasteiger partial charge on any atom is -0.335 e. The third-order valence-electron chi connectivity index (χ3n) is 2.78. The second kappa shape index (κ2) is 4.83. The number of aromatic nitrogens is 2. The highest BCUT2D eigenvalue weighted by molar-refractivity contribution is 8.18. The van der Waals surface area contributed by atoms with Crippen LogP contribution in [0, 0.1) is 5.92 Å². The zero-order valence-electron chi connectivity index (χ0n) is 9.35. The number of rotatable bonds is 3. The lowest BCUT2D eigenvalue weighted by molar-refractivity contribution is 0.598. The van der Waals surface area contributed by atoms with Crippen molar-refractivity contribution >= 4 is 23.5 Å². The summed E-state index contributed by atoms with van der Waals surface area (Å²) in [4.78, 5) is 4.11. The summed E-state index contributed by atoms with van der Waals surface area (Å²) in [5.74, 6) is 3.47. The van der Waals surface area contributed by atoms with Crippen LogP contribution in [0.1, 0.15) is 20.3 Å². The number of thioether (sulfide) groups is 2. The first kappa shape index (κ1) is 11.4. The molecule has 0 saturated carbocycles. The molecule has 0 amide bonds. The van der Waals surface area contributed by atoms with Crippen LogP contribution in [0.15, 0.2) is 18.7 Å². The lowest BCUT2D eigenvalue weighted by atomic mass is 10.3. The molecule has 1 aliphatic rings. The highest BCUT2D eigenvalue weighted by atomic mass is 32.2. The van der Waals surface area contributed by atoms with Gasteiger partial charge in [-0.3, -0.25) is 0 Å². The number of nitrogens with zero attached hydrogens (tertiary/aromatic N) is 2. The monoisotopic (exact) mass is 242 g/mol. The zero-order valence-corrected chi connectivity index (χ0v) is 11.0. The van der Waals surface area contributed by atoms with Crippen molar-refractivity contribution in [3.05, 3.63) is 18.7 Å². The summed E-state index contributed by atoms with van der Waals surface area (Å²) in [5.41, 5.74) is 0. The van der Waals surface area contributed by atoms with Gasteiger partial charge in [0, 0.05) is 18.9 Å². The Hall–Kier alpha value is -0.0900. The maximum atomic E-state index is 4.11. The Morgan fingerprint density at radius 3 is 2.73 bits per heavy atom. The minimum absolute atomic E-state index is 0.382. The molecular weight excluding hydrogens is 224 g/mol. The van der Waals surface area contributed by atoms with Crippen molar-refractivity contribution in [2.24, 2.45) is 5.92 Å². The van der Waals surface area contributed by atoms with Crippen LogP contribution in [0.25, 0.3) is 0 Å². The molecule has 0 bridgehead atoms. The largest absolute Gasteiger partial charge is 0.335 e. The van der Waals surface area contributed by atoms with Gasteiger partial charge in [0.05, 0.1) is 10.4 Å². The van der Waals surface area contributed by atoms with Crippen molar-refractivity contribution in [1.29, 1.82) is 0 Å². The first-order valence-electron chi connectivity index (χ1n) is 5.48. The van der Waals surface area contributed by atoms with Crippen LogP contribution in [0.5, 0.6) is 0 Å². The molecule has 0 N–H and O–H groups in total. The topological polar surface area (TPSA) is 17.8 Å². The van der Waals surface area contributed by atoms with Crippen molar-refractivity contribution < 1.29 is 0 Å². The molecule has 15 heavy (non-hydrogen) atoms. The van der Waals surface area contributed by atoms with Crippen LogP contribution in [0.3, 0.4) is 0 Å². The molecule has 2 rings (SSSR count). The molecular formula is C11H18N2S2. The first-order chi connectivity index (χ1) is 7.24. The van der Waals surface area contributed by atoms with E-state index in [1.54, 1.807) is 0 Å². The second-order valence-corrected chi connectivity index (χ2v) is 7.29. The quantitative estimate of drug-likeness (QED) is 0.811. The maximum absolute atomic E-state index is 4.11. The van der Waals surface area contributed by atoms with E-state index in [1.807, 2.05) is 12.5 Å². The smallest absolute Gasteiger partial charge is 0.0946 e. The summed E-state index contributed by atoms with van der Waals surface area (Å²) >= 11 is 4.26. The van der Waals surface area contributed by atoms with E-state index >= 15 is 0 Å². The van der Waals surface area contributed by atoms with E-state index in [4.69, 9.17) is 0 Å². The third-order valence-corrected chi connectivity index (χ3v) is 6.85. The van der Waals surface area contributed by atoms with Gasteiger partial charge in [-0.2, -0.15) is 0 Å². The molecule has 1 aliphatic heterocycles. The molecule has 0 spiro atoms. The number of imidazole rings is 1. The lowest BCUT2D eigenvalue weighted by Crippen LogP contribution is -2.32. The molecule has 2 nitrogen and oxygen atoms in total. The summed E-state index contributed by atoms with van der Waals surface area (Å²) in [6, 6.07) is 0. The van der Waals surface area contributed by atoms with Crippen molar-refractivity contribution in [2.75, 3.05) is 11.5 Å². The Kier molecular flexibility index (Phi) is 3.67. The SMILES string of the molecule is CCC1(Cn2ccnc2)SCC(C)CS1. The molecule has 0 radical (unpaired) electrons. The molecule has 0 aromatic carbocycles. The molecule has 2 heterocycles. The Morgan fingerprint density at radius 2 is 2.20 bits per heavy atom. The second-order valence-electron chi connectivity index (χ2n) is 4.23. The Bertz CT molecular complexity index is 290. The van der Waals surface area contributed by atoms with Crippen molar-refractivity contribution in [3.63, 3.8) is 0 Å². The molecule has 0 unspecified atom stereocenters. The van der Waals surface area contributed by atoms with E-state index in [9.17, 15) is 0 Å². The summed E-state index contributed by atoms with van der Waals surface area (Å²) in [6.45, 7) is 5.73. The van der Waals surface area contributed by atoms with Crippen LogP contribution in [-0.2, 0) is 6.54 Å². The first-order valence-corrected chi connectivity index (χ1v) is 7.45. The molecule has 4 heteroatoms. The van der Waals surface area contributed by atoms with E-state index < -0.39 is 0 Å². The van der Waals surface area contributed by atoms with Crippen LogP contribution < -0.4 is 0 Å². The van der Waals surface area contributed by atoms with Gasteiger partial charge in [-0.15, -0.1) is 23.5 Å². The summed E-state index contributed by atoms with van der Waals surface area (Å²) in [5, 5.41) is 0. The third kappa shape index (κ3) is 2.72. The fraction of sp³-hybridized carbons (Fsp3) is 0.727. The minimum atomic E-state index is 0.382. The van der Waals surface area contributed by atoms with Crippen molar-refractivity contribution in [2.45, 2.75) is 30.9 Å². The standard InChI is InChI=1S/C11H18N2S2/c1-3-11(8-13-5-4-12-9-13)14-6-10(2)7-15-11/h4-5,9-10H,3,6-8H2,1-2H3. The molecule has 1 saturated heterocycles. The number of hydrogen-bond donors (Lipinski definition) is 0. The average Bonchev–Trinajstić information content (AvgIpc) is 2.75. The molecule has 84 valence electrons. The molecule has 1 fully saturated rings. The van der Waals surface area contributed by atoms with Crippen molar-refractivity contribution in [3.8, 4) is 0 Å². The number of hydrogen-bond acceptors (Lipinski definition) is 3. The van der Waals surface area contributed by atoms with E-state index in [-0.39, 0.29) is 0 Å². The van der Waals surface area contributed by atoms with Gasteiger partial charge in [-0.05, 0) is 23.8 Å². The van der Waals surface area contributed by atoms with Gasteiger partial charge in [0.1, 0.15) is 0 Å². The van der Waals surface area contributed by atoms with Gasteiger partial charge in [0.25, 0.3) is 0 Å². The van der Waals surface area contributed by atoms with Gasteiger partial charge in [-0.1, -0.05) is 13.8 Å². The summed E-state index contributed by atoms with van der Waals surface area (Å²) in [7, 11) is 0. The Balaban J connectivity index is 2.02. The van der Waals surface area contributed by atoms with Gasteiger partial charge in [0.2, 0.25) is 0 Å². The lowest BCUT2D eigenvalue weighted by Gasteiger charge is -2.37. The zero-order chi connectivity index (χ0) is 10.7. The fourth-order valence-corrected chi connectivity index (χ4v) is 4.94. The summed E-state index contributed by atoms with van der Waals surface area (Å²) < 4.78 is 2.59. The molecule has 0 aliphatic carbocycles. The molecule has 1 aromatic heterocycles. The van der Waals surface area contributed by atoms with E-state index in [0.717, 1.165) is 12.5 Å². The highest BCUT2D eigenvalue weighted by Gasteiger charge is 2.34. The van der Waals surface area contributed by atoms with E-state index in [2.05, 4.69) is 53.1 Å². The summed E-state index contributed by atoms with van der Waals surface area (Å²) in [6.07, 6.45) is 7.09. The van der Waals surface area contributed by atoms with Gasteiger partial charge >= 0.3 is 0 Å². The van der Waals surface area contributed by atoms with Gasteiger partial charge in [-0.25, -0.2) is 4.98 Å². The Labute approximate surface area is 100 Å². The maximum Gasteiger partial charge on any atom is 0.0946 e. The predicted octanol–water partition coefficient (Wildman–Crippen LogP) is 3.11. The highest BCUT2D eigenvalue weighted by Crippen LogP contribution is 2.47. The van der Waals surface area contributed by atoms with Crippen LogP contribution in [-0.4, -0.2) is 25.1 Å². The van der Waals surface area contributed by atoms with E-state index in [0.29, 0.717) is 4.08 Å². The van der Waals surface area contributed by atoms with Crippen LogP contribution >= 0.6 is 23.5 Å². The molecule has 0 atom stereocenters. The predicted molar refractivity (Wildman–Crippen MR) is 69.3 cm³/mol. The van der Waals surface area contributed by atoms with E-state index in [1.165, 1.54) is 17.9 Å². The average molecular weight is 242 g/mol. The van der Waals surface area contributed by atoms with Gasteiger partial charge < -0.3 is 4.57 Å². The molecule has 1 aromatic rings. The van der Waals surface area contributed by atoms with Crippen molar-refractivity contribution in [1.82, 2.24) is 9.55 Å².